The number of likely N-dealkylation sites (N-methyl/N-ethyl adjacent to an activating group) is 1. The maximum absolute atomic E-state index is 13.5. The van der Waals surface area contributed by atoms with Gasteiger partial charge in [0.05, 0.1) is 33.8 Å². The van der Waals surface area contributed by atoms with Crippen molar-refractivity contribution < 1.29 is 37.3 Å². The van der Waals surface area contributed by atoms with E-state index in [0.29, 0.717) is 23.9 Å². The van der Waals surface area contributed by atoms with Crippen molar-refractivity contribution in [1.29, 1.82) is 0 Å². The molecule has 3 atom stereocenters. The molecule has 0 rings (SSSR count). The van der Waals surface area contributed by atoms with Gasteiger partial charge in [-0.25, -0.2) is 0 Å². The first kappa shape index (κ1) is 72.2. The van der Waals surface area contributed by atoms with Crippen LogP contribution in [0, 0.1) is 0 Å². The molecule has 0 aliphatic heterocycles. The molecule has 0 aliphatic carbocycles. The van der Waals surface area contributed by atoms with Gasteiger partial charge in [-0.1, -0.05) is 250 Å². The van der Waals surface area contributed by atoms with Crippen molar-refractivity contribution in [3.63, 3.8) is 0 Å². The minimum atomic E-state index is -4.70. The number of esters is 1. The predicted molar refractivity (Wildman–Crippen MR) is 316 cm³/mol. The fourth-order valence-electron chi connectivity index (χ4n) is 9.34. The molecule has 0 bridgehead atoms. The number of allylic oxidation sites excluding steroid dienone is 5. The molecule has 1 amide bonds. The Kier molecular flexibility index (Phi) is 53.3. The van der Waals surface area contributed by atoms with Gasteiger partial charge in [0, 0.05) is 12.8 Å². The van der Waals surface area contributed by atoms with Gasteiger partial charge in [0.1, 0.15) is 19.3 Å². The highest BCUT2D eigenvalue weighted by atomic mass is 31.2. The molecule has 0 radical (unpaired) electrons. The third kappa shape index (κ3) is 55.0. The van der Waals surface area contributed by atoms with Gasteiger partial charge in [-0.3, -0.25) is 14.2 Å². The average Bonchev–Trinajstić information content (AvgIpc) is 3.36. The van der Waals surface area contributed by atoms with Crippen molar-refractivity contribution >= 4 is 19.7 Å². The summed E-state index contributed by atoms with van der Waals surface area (Å²) in [5, 5.41) is 3.03. The molecule has 0 heterocycles. The van der Waals surface area contributed by atoms with Crippen molar-refractivity contribution in [3.8, 4) is 0 Å². The van der Waals surface area contributed by atoms with E-state index in [2.05, 4.69) is 50.4 Å². The first-order chi connectivity index (χ1) is 35.9. The van der Waals surface area contributed by atoms with Crippen molar-refractivity contribution in [2.24, 2.45) is 0 Å². The zero-order valence-electron chi connectivity index (χ0n) is 49.8. The summed E-state index contributed by atoms with van der Waals surface area (Å²) in [6.07, 6.45) is 65.5. The number of nitrogens with zero attached hydrogens (tertiary/aromatic N) is 1. The Morgan fingerprint density at radius 2 is 0.784 bits per heavy atom. The van der Waals surface area contributed by atoms with Gasteiger partial charge in [0.15, 0.2) is 0 Å². The summed E-state index contributed by atoms with van der Waals surface area (Å²) in [4.78, 5) is 39.9. The summed E-state index contributed by atoms with van der Waals surface area (Å²) >= 11 is 0. The second-order valence-corrected chi connectivity index (χ2v) is 24.3. The van der Waals surface area contributed by atoms with Crippen LogP contribution in [0.3, 0.4) is 0 Å². The zero-order chi connectivity index (χ0) is 54.3. The number of rotatable bonds is 58. The lowest BCUT2D eigenvalue weighted by Crippen LogP contribution is -2.47. The third-order valence-electron chi connectivity index (χ3n) is 14.3. The van der Waals surface area contributed by atoms with Crippen molar-refractivity contribution in [2.75, 3.05) is 40.9 Å². The second kappa shape index (κ2) is 54.6. The van der Waals surface area contributed by atoms with E-state index >= 15 is 0 Å². The van der Waals surface area contributed by atoms with E-state index in [1.54, 1.807) is 0 Å². The molecule has 10 heteroatoms. The SMILES string of the molecule is CCCCCCCC/C=C\CCCCCC(=O)OC(/C=C\CCCCCCCCCCCC)C(COP(=O)([O-])OCC[N+](C)(C)C)NC(=O)CCCCCCCCCCCCCCC/C=C/CCCCCCCC. The molecule has 436 valence electrons. The Morgan fingerprint density at radius 3 is 1.16 bits per heavy atom. The van der Waals surface area contributed by atoms with Gasteiger partial charge in [-0.05, 0) is 83.1 Å². The highest BCUT2D eigenvalue weighted by molar-refractivity contribution is 7.45. The normalized spacial score (nSPS) is 13.9. The highest BCUT2D eigenvalue weighted by Crippen LogP contribution is 2.38. The third-order valence-corrected chi connectivity index (χ3v) is 15.3. The van der Waals surface area contributed by atoms with Crippen LogP contribution in [0.4, 0.5) is 0 Å². The summed E-state index contributed by atoms with van der Waals surface area (Å²) in [5.41, 5.74) is 0. The molecule has 0 saturated carbocycles. The lowest BCUT2D eigenvalue weighted by atomic mass is 10.0. The Balaban J connectivity index is 5.13. The summed E-state index contributed by atoms with van der Waals surface area (Å²) in [6.45, 7) is 6.85. The number of carbonyl (C=O) groups excluding carboxylic acids is 2. The van der Waals surface area contributed by atoms with Crippen LogP contribution in [0.15, 0.2) is 36.5 Å². The van der Waals surface area contributed by atoms with Crippen LogP contribution in [-0.2, 0) is 27.9 Å². The Bertz CT molecular complexity index is 1360. The van der Waals surface area contributed by atoms with E-state index in [1.165, 1.54) is 205 Å². The van der Waals surface area contributed by atoms with Crippen LogP contribution in [0.1, 0.15) is 310 Å². The monoisotopic (exact) mass is 1060 g/mol. The fourth-order valence-corrected chi connectivity index (χ4v) is 10.1. The summed E-state index contributed by atoms with van der Waals surface area (Å²) in [7, 11) is 1.19. The second-order valence-electron chi connectivity index (χ2n) is 22.9. The molecular weight excluding hydrogens is 940 g/mol. The zero-order valence-corrected chi connectivity index (χ0v) is 50.7. The number of carbonyl (C=O) groups is 2. The smallest absolute Gasteiger partial charge is 0.306 e. The Labute approximate surface area is 459 Å². The molecule has 0 fully saturated rings. The van der Waals surface area contributed by atoms with Crippen LogP contribution in [0.25, 0.3) is 0 Å². The number of amides is 1. The first-order valence-electron chi connectivity index (χ1n) is 31.8. The van der Waals surface area contributed by atoms with Gasteiger partial charge in [-0.15, -0.1) is 0 Å². The molecule has 1 N–H and O–H groups in total. The molecule has 9 nitrogen and oxygen atoms in total. The van der Waals surface area contributed by atoms with Gasteiger partial charge >= 0.3 is 5.97 Å². The number of phosphoric acid groups is 1. The van der Waals surface area contributed by atoms with E-state index in [9.17, 15) is 19.0 Å². The Morgan fingerprint density at radius 1 is 0.459 bits per heavy atom. The number of quaternary nitrogens is 1. The lowest BCUT2D eigenvalue weighted by molar-refractivity contribution is -0.870. The largest absolute Gasteiger partial charge is 0.756 e. The van der Waals surface area contributed by atoms with Gasteiger partial charge in [0.25, 0.3) is 7.82 Å². The molecule has 0 saturated heterocycles. The van der Waals surface area contributed by atoms with Crippen LogP contribution in [0.2, 0.25) is 0 Å². The van der Waals surface area contributed by atoms with E-state index in [-0.39, 0.29) is 31.5 Å². The van der Waals surface area contributed by atoms with E-state index < -0.39 is 20.0 Å². The fraction of sp³-hybridized carbons (Fsp3) is 0.875. The molecule has 0 aromatic rings. The van der Waals surface area contributed by atoms with Crippen molar-refractivity contribution in [1.82, 2.24) is 5.32 Å². The van der Waals surface area contributed by atoms with Crippen LogP contribution in [-0.4, -0.2) is 69.4 Å². The summed E-state index contributed by atoms with van der Waals surface area (Å²) < 4.78 is 30.3. The van der Waals surface area contributed by atoms with Crippen molar-refractivity contribution in [3.05, 3.63) is 36.5 Å². The van der Waals surface area contributed by atoms with Gasteiger partial charge < -0.3 is 28.5 Å². The number of hydrogen-bond acceptors (Lipinski definition) is 7. The van der Waals surface area contributed by atoms with E-state index in [4.69, 9.17) is 13.8 Å². The first-order valence-corrected chi connectivity index (χ1v) is 33.3. The molecule has 0 aromatic carbocycles. The quantitative estimate of drug-likeness (QED) is 0.0212. The highest BCUT2D eigenvalue weighted by Gasteiger charge is 2.27. The molecule has 0 aromatic heterocycles. The van der Waals surface area contributed by atoms with Crippen LogP contribution in [0.5, 0.6) is 0 Å². The van der Waals surface area contributed by atoms with Crippen LogP contribution >= 0.6 is 7.82 Å². The summed E-state index contributed by atoms with van der Waals surface area (Å²) in [6, 6.07) is -0.891. The predicted octanol–water partition coefficient (Wildman–Crippen LogP) is 18.9. The van der Waals surface area contributed by atoms with Gasteiger partial charge in [-0.2, -0.15) is 0 Å². The van der Waals surface area contributed by atoms with E-state index in [1.807, 2.05) is 33.3 Å². The maximum Gasteiger partial charge on any atom is 0.306 e. The summed E-state index contributed by atoms with van der Waals surface area (Å²) in [5.74, 6) is -0.549. The number of unbranched alkanes of at least 4 members (excludes halogenated alkanes) is 38. The molecule has 74 heavy (non-hydrogen) atoms. The number of hydrogen-bond donors (Lipinski definition) is 1. The molecule has 0 spiro atoms. The molecular formula is C64H123N2O7P. The molecule has 3 unspecified atom stereocenters. The standard InChI is InChI=1S/C64H123N2O7P/c1-7-10-13-16-19-22-25-28-29-30-31-32-33-34-35-36-37-39-41-44-47-50-53-56-63(67)65-61(60-72-74(69,70)71-59-58-66(4,5)6)62(55-52-49-46-43-40-27-24-21-18-15-12-9-3)73-64(68)57-54-51-48-45-42-38-26-23-20-17-14-11-8-2/h28-29,38,42,52,55,61-62H,7-27,30-37,39-41,43-51,53-54,56-60H2,1-6H3,(H-,65,67,69,70)/b29-28+,42-38-,55-52-. The molecule has 0 aliphatic rings. The Hall–Kier alpha value is -1.77. The minimum Gasteiger partial charge on any atom is -0.756 e. The van der Waals surface area contributed by atoms with Crippen molar-refractivity contribution in [2.45, 2.75) is 322 Å². The van der Waals surface area contributed by atoms with Crippen LogP contribution < -0.4 is 10.2 Å². The number of ether oxygens (including phenoxy) is 1. The topological polar surface area (TPSA) is 114 Å². The van der Waals surface area contributed by atoms with E-state index in [0.717, 1.165) is 64.2 Å². The van der Waals surface area contributed by atoms with Gasteiger partial charge in [0.2, 0.25) is 5.91 Å². The number of nitrogens with one attached hydrogen (secondary N) is 1. The minimum absolute atomic E-state index is 0.0226. The average molecular weight is 1060 g/mol. The maximum atomic E-state index is 13.5. The lowest BCUT2D eigenvalue weighted by Gasteiger charge is -2.30. The number of phosphoric ester groups is 1.